The lowest BCUT2D eigenvalue weighted by Crippen LogP contribution is -2.45. The number of imidazole rings is 1. The molecule has 0 aliphatic carbocycles. The average molecular weight is 449 g/mol. The summed E-state index contributed by atoms with van der Waals surface area (Å²) in [6.07, 6.45) is 1.60. The third-order valence-electron chi connectivity index (χ3n) is 6.38. The van der Waals surface area contributed by atoms with E-state index in [1.54, 1.807) is 17.4 Å². The van der Waals surface area contributed by atoms with Crippen molar-refractivity contribution in [3.63, 3.8) is 0 Å². The van der Waals surface area contributed by atoms with E-state index in [2.05, 4.69) is 15.3 Å². The normalized spacial score (nSPS) is 21.8. The Morgan fingerprint density at radius 2 is 2.03 bits per heavy atom. The maximum Gasteiger partial charge on any atom is 0.416 e. The van der Waals surface area contributed by atoms with Gasteiger partial charge in [0.15, 0.2) is 0 Å². The summed E-state index contributed by atoms with van der Waals surface area (Å²) >= 11 is 0. The van der Waals surface area contributed by atoms with Crippen LogP contribution in [0.3, 0.4) is 0 Å². The van der Waals surface area contributed by atoms with E-state index in [4.69, 9.17) is 0 Å². The average Bonchev–Trinajstić information content (AvgIpc) is 3.22. The second-order valence-electron chi connectivity index (χ2n) is 8.46. The monoisotopic (exact) mass is 449 g/mol. The molecule has 3 amide bonds. The zero-order chi connectivity index (χ0) is 22.7. The van der Waals surface area contributed by atoms with Gasteiger partial charge in [0.2, 0.25) is 5.91 Å². The number of H-pyrrole nitrogens is 1. The molecule has 3 heterocycles. The van der Waals surface area contributed by atoms with Crippen molar-refractivity contribution in [2.75, 3.05) is 31.5 Å². The lowest BCUT2D eigenvalue weighted by Gasteiger charge is -2.37. The van der Waals surface area contributed by atoms with Crippen LogP contribution in [0.25, 0.3) is 0 Å². The summed E-state index contributed by atoms with van der Waals surface area (Å²) in [5.41, 5.74) is 0.302. The predicted molar refractivity (Wildman–Crippen MR) is 112 cm³/mol. The molecule has 2 atom stereocenters. The van der Waals surface area contributed by atoms with Crippen molar-refractivity contribution in [2.45, 2.75) is 31.9 Å². The van der Waals surface area contributed by atoms with E-state index in [-0.39, 0.29) is 23.4 Å². The molecule has 10 heteroatoms. The van der Waals surface area contributed by atoms with Gasteiger partial charge >= 0.3 is 12.2 Å². The summed E-state index contributed by atoms with van der Waals surface area (Å²) in [6.45, 7) is 2.24. The molecule has 0 bridgehead atoms. The van der Waals surface area contributed by atoms with Gasteiger partial charge in [-0.3, -0.25) is 4.79 Å². The highest BCUT2D eigenvalue weighted by Gasteiger charge is 2.36. The Morgan fingerprint density at radius 1 is 1.22 bits per heavy atom. The number of rotatable bonds is 4. The zero-order valence-electron chi connectivity index (χ0n) is 17.6. The maximum atomic E-state index is 12.9. The van der Waals surface area contributed by atoms with E-state index in [0.717, 1.165) is 24.2 Å². The Morgan fingerprint density at radius 3 is 2.78 bits per heavy atom. The number of nitrogens with one attached hydrogen (secondary N) is 2. The number of anilines is 1. The van der Waals surface area contributed by atoms with Gasteiger partial charge in [-0.15, -0.1) is 0 Å². The summed E-state index contributed by atoms with van der Waals surface area (Å²) in [5.74, 6) is 0.549. The summed E-state index contributed by atoms with van der Waals surface area (Å²) in [6, 6.07) is 4.23. The summed E-state index contributed by atoms with van der Waals surface area (Å²) in [7, 11) is 0. The van der Waals surface area contributed by atoms with Crippen molar-refractivity contribution in [3.05, 3.63) is 48.0 Å². The molecule has 2 fully saturated rings. The highest BCUT2D eigenvalue weighted by atomic mass is 19.4. The number of carbonyl (C=O) groups excluding carboxylic acids is 2. The Labute approximate surface area is 184 Å². The number of likely N-dealkylation sites (tertiary alicyclic amines) is 2. The van der Waals surface area contributed by atoms with Gasteiger partial charge in [0.25, 0.3) is 0 Å². The Balaban J connectivity index is 1.34. The van der Waals surface area contributed by atoms with Crippen molar-refractivity contribution in [2.24, 2.45) is 11.8 Å². The third kappa shape index (κ3) is 5.23. The minimum absolute atomic E-state index is 0.118. The molecule has 2 saturated heterocycles. The third-order valence-corrected chi connectivity index (χ3v) is 6.38. The van der Waals surface area contributed by atoms with Crippen molar-refractivity contribution in [3.8, 4) is 0 Å². The van der Waals surface area contributed by atoms with Crippen LogP contribution in [0.4, 0.5) is 23.7 Å². The molecule has 2 aliphatic heterocycles. The Kier molecular flexibility index (Phi) is 6.38. The zero-order valence-corrected chi connectivity index (χ0v) is 17.6. The number of aromatic amines is 1. The topological polar surface area (TPSA) is 81.3 Å². The number of halogens is 3. The van der Waals surface area contributed by atoms with Gasteiger partial charge in [-0.05, 0) is 42.9 Å². The first-order chi connectivity index (χ1) is 15.3. The molecule has 1 aromatic carbocycles. The quantitative estimate of drug-likeness (QED) is 0.746. The summed E-state index contributed by atoms with van der Waals surface area (Å²) < 4.78 is 38.8. The molecular formula is C22H26F3N5O2. The maximum absolute atomic E-state index is 12.9. The van der Waals surface area contributed by atoms with Crippen LogP contribution >= 0.6 is 0 Å². The first-order valence-electron chi connectivity index (χ1n) is 10.8. The van der Waals surface area contributed by atoms with E-state index in [9.17, 15) is 22.8 Å². The molecule has 1 aromatic heterocycles. The Bertz CT molecular complexity index is 947. The largest absolute Gasteiger partial charge is 0.416 e. The molecule has 2 aliphatic rings. The predicted octanol–water partition coefficient (Wildman–Crippen LogP) is 3.76. The van der Waals surface area contributed by atoms with Gasteiger partial charge in [0.05, 0.1) is 11.9 Å². The van der Waals surface area contributed by atoms with Crippen molar-refractivity contribution >= 4 is 17.6 Å². The number of hydrogen-bond donors (Lipinski definition) is 2. The number of amides is 3. The number of benzene rings is 1. The van der Waals surface area contributed by atoms with Crippen molar-refractivity contribution in [1.82, 2.24) is 19.8 Å². The molecular weight excluding hydrogens is 423 g/mol. The SMILES string of the molecule is O=C1C[C@@H]2CCN(C(=O)Nc3cccc(C(F)(F)F)c3)C[C@@H]2CCN1CCc1cnc[nH]1. The van der Waals surface area contributed by atoms with Gasteiger partial charge in [-0.2, -0.15) is 13.2 Å². The highest BCUT2D eigenvalue weighted by molar-refractivity contribution is 5.89. The number of urea groups is 1. The number of nitrogens with zero attached hydrogens (tertiary/aromatic N) is 3. The van der Waals surface area contributed by atoms with Crippen LogP contribution < -0.4 is 5.32 Å². The van der Waals surface area contributed by atoms with Crippen LogP contribution in [0.1, 0.15) is 30.5 Å². The number of aromatic nitrogens is 2. The fourth-order valence-corrected chi connectivity index (χ4v) is 4.55. The van der Waals surface area contributed by atoms with Crippen LogP contribution in [0.2, 0.25) is 0 Å². The number of fused-ring (bicyclic) bond motifs is 1. The van der Waals surface area contributed by atoms with Crippen LogP contribution in [0, 0.1) is 11.8 Å². The van der Waals surface area contributed by atoms with Crippen LogP contribution in [-0.4, -0.2) is 57.9 Å². The van der Waals surface area contributed by atoms with Gasteiger partial charge in [0, 0.05) is 56.6 Å². The number of carbonyl (C=O) groups is 2. The second kappa shape index (κ2) is 9.22. The number of hydrogen-bond acceptors (Lipinski definition) is 3. The van der Waals surface area contributed by atoms with Crippen LogP contribution in [0.5, 0.6) is 0 Å². The number of alkyl halides is 3. The van der Waals surface area contributed by atoms with Gasteiger partial charge < -0.3 is 20.1 Å². The molecule has 2 N–H and O–H groups in total. The lowest BCUT2D eigenvalue weighted by molar-refractivity contribution is -0.137. The number of piperidine rings is 1. The van der Waals surface area contributed by atoms with E-state index >= 15 is 0 Å². The minimum atomic E-state index is -4.46. The molecule has 0 saturated carbocycles. The fraction of sp³-hybridized carbons (Fsp3) is 0.500. The first-order valence-corrected chi connectivity index (χ1v) is 10.8. The molecule has 172 valence electrons. The second-order valence-corrected chi connectivity index (χ2v) is 8.46. The van der Waals surface area contributed by atoms with E-state index in [1.165, 1.54) is 12.1 Å². The fourth-order valence-electron chi connectivity index (χ4n) is 4.55. The van der Waals surface area contributed by atoms with E-state index < -0.39 is 17.8 Å². The van der Waals surface area contributed by atoms with Crippen LogP contribution in [0.15, 0.2) is 36.8 Å². The highest BCUT2D eigenvalue weighted by Crippen LogP contribution is 2.33. The molecule has 32 heavy (non-hydrogen) atoms. The molecule has 2 aromatic rings. The first kappa shape index (κ1) is 22.2. The standard InChI is InChI=1S/C22H26F3N5O2/c23-22(24,25)17-2-1-3-18(11-17)28-21(32)30-8-4-15-10-20(31)29(7-5-16(15)13-30)9-6-19-12-26-14-27-19/h1-3,11-12,14-16H,4-10,13H2,(H,26,27)(H,28,32)/t15-,16-/m0/s1. The van der Waals surface area contributed by atoms with Gasteiger partial charge in [0.1, 0.15) is 0 Å². The molecule has 4 rings (SSSR count). The smallest absolute Gasteiger partial charge is 0.348 e. The van der Waals surface area contributed by atoms with Crippen molar-refractivity contribution < 1.29 is 22.8 Å². The van der Waals surface area contributed by atoms with Crippen molar-refractivity contribution in [1.29, 1.82) is 0 Å². The van der Waals surface area contributed by atoms with E-state index in [0.29, 0.717) is 45.4 Å². The Hall–Kier alpha value is -3.04. The molecule has 0 radical (unpaired) electrons. The van der Waals surface area contributed by atoms with Crippen LogP contribution in [-0.2, 0) is 17.4 Å². The van der Waals surface area contributed by atoms with Gasteiger partial charge in [-0.25, -0.2) is 9.78 Å². The summed E-state index contributed by atoms with van der Waals surface area (Å²) in [5, 5.41) is 2.59. The van der Waals surface area contributed by atoms with Gasteiger partial charge in [-0.1, -0.05) is 6.07 Å². The summed E-state index contributed by atoms with van der Waals surface area (Å²) in [4.78, 5) is 36.0. The lowest BCUT2D eigenvalue weighted by atomic mass is 9.82. The molecule has 7 nitrogen and oxygen atoms in total. The molecule has 0 spiro atoms. The molecule has 0 unspecified atom stereocenters. The van der Waals surface area contributed by atoms with E-state index in [1.807, 2.05) is 4.90 Å². The minimum Gasteiger partial charge on any atom is -0.348 e.